The number of ether oxygens (including phenoxy) is 2. The van der Waals surface area contributed by atoms with Crippen LogP contribution in [0.5, 0.6) is 0 Å². The van der Waals surface area contributed by atoms with Crippen molar-refractivity contribution in [3.05, 3.63) is 11.6 Å². The van der Waals surface area contributed by atoms with Crippen molar-refractivity contribution in [3.8, 4) is 0 Å². The summed E-state index contributed by atoms with van der Waals surface area (Å²) in [5.74, 6) is 1.85. The Hall–Kier alpha value is -1.36. The van der Waals surface area contributed by atoms with E-state index in [1.54, 1.807) is 6.92 Å². The number of carbonyl (C=O) groups is 2. The summed E-state index contributed by atoms with van der Waals surface area (Å²) < 4.78 is 10.6. The number of hydrogen-bond acceptors (Lipinski definition) is 5. The van der Waals surface area contributed by atoms with Gasteiger partial charge in [-0.05, 0) is 88.4 Å². The van der Waals surface area contributed by atoms with Crippen molar-refractivity contribution in [3.63, 3.8) is 0 Å². The van der Waals surface area contributed by atoms with Crippen LogP contribution in [0.15, 0.2) is 11.6 Å². The molecule has 0 aliphatic heterocycles. The van der Waals surface area contributed by atoms with Crippen LogP contribution in [-0.2, 0) is 19.1 Å². The molecule has 5 nitrogen and oxygen atoms in total. The highest BCUT2D eigenvalue weighted by atomic mass is 16.6. The molecular formula is C22H32O5. The summed E-state index contributed by atoms with van der Waals surface area (Å²) in [4.78, 5) is 24.7. The molecule has 3 atom stereocenters. The second kappa shape index (κ2) is 7.23. The zero-order chi connectivity index (χ0) is 19.2. The molecule has 0 aromatic carbocycles. The summed E-state index contributed by atoms with van der Waals surface area (Å²) in [6.07, 6.45) is 9.65. The average molecular weight is 376 g/mol. The molecule has 5 fully saturated rings. The van der Waals surface area contributed by atoms with E-state index in [2.05, 4.69) is 0 Å². The summed E-state index contributed by atoms with van der Waals surface area (Å²) in [5, 5.41) is 10.6. The third-order valence-electron chi connectivity index (χ3n) is 7.52. The van der Waals surface area contributed by atoms with Crippen LogP contribution in [-0.4, -0.2) is 36.4 Å². The molecule has 0 radical (unpaired) electrons. The van der Waals surface area contributed by atoms with E-state index in [4.69, 9.17) is 9.47 Å². The zero-order valence-corrected chi connectivity index (χ0v) is 16.5. The quantitative estimate of drug-likeness (QED) is 0.601. The number of hydrogen-bond donors (Lipinski definition) is 1. The first-order valence-electron chi connectivity index (χ1n) is 10.5. The third-order valence-corrected chi connectivity index (χ3v) is 7.52. The SMILES string of the molecule is COC(=O)C(C)=CC1CCC(OC(=O)C23CC4CC(CC(C4)C2)C3)C(O)C1. The van der Waals surface area contributed by atoms with E-state index in [0.717, 1.165) is 25.7 Å². The topological polar surface area (TPSA) is 72.8 Å². The van der Waals surface area contributed by atoms with Crippen LogP contribution in [0, 0.1) is 29.1 Å². The Balaban J connectivity index is 1.36. The van der Waals surface area contributed by atoms with Crippen LogP contribution in [0.2, 0.25) is 0 Å². The van der Waals surface area contributed by atoms with E-state index in [9.17, 15) is 14.7 Å². The molecule has 0 spiro atoms. The lowest BCUT2D eigenvalue weighted by Gasteiger charge is -2.55. The molecule has 5 aliphatic carbocycles. The van der Waals surface area contributed by atoms with Gasteiger partial charge in [0.25, 0.3) is 0 Å². The van der Waals surface area contributed by atoms with Gasteiger partial charge in [-0.1, -0.05) is 6.08 Å². The van der Waals surface area contributed by atoms with Crippen molar-refractivity contribution in [1.29, 1.82) is 0 Å². The minimum atomic E-state index is -0.664. The minimum absolute atomic E-state index is 0.0506. The molecule has 5 heteroatoms. The van der Waals surface area contributed by atoms with Crippen molar-refractivity contribution < 1.29 is 24.2 Å². The molecule has 150 valence electrons. The Kier molecular flexibility index (Phi) is 5.08. The Labute approximate surface area is 161 Å². The molecule has 1 N–H and O–H groups in total. The maximum atomic E-state index is 13.1. The van der Waals surface area contributed by atoms with Gasteiger partial charge in [-0.25, -0.2) is 4.79 Å². The van der Waals surface area contributed by atoms with Gasteiger partial charge in [0.05, 0.1) is 18.6 Å². The smallest absolute Gasteiger partial charge is 0.333 e. The summed E-state index contributed by atoms with van der Waals surface area (Å²) in [7, 11) is 1.37. The molecule has 0 aromatic rings. The molecule has 0 amide bonds. The Morgan fingerprint density at radius 2 is 1.59 bits per heavy atom. The lowest BCUT2D eigenvalue weighted by atomic mass is 9.49. The molecule has 0 aromatic heterocycles. The molecule has 4 bridgehead atoms. The zero-order valence-electron chi connectivity index (χ0n) is 16.5. The maximum Gasteiger partial charge on any atom is 0.333 e. The van der Waals surface area contributed by atoms with E-state index in [0.29, 0.717) is 36.2 Å². The Morgan fingerprint density at radius 3 is 2.11 bits per heavy atom. The predicted molar refractivity (Wildman–Crippen MR) is 99.6 cm³/mol. The van der Waals surface area contributed by atoms with Gasteiger partial charge in [-0.2, -0.15) is 0 Å². The van der Waals surface area contributed by atoms with Gasteiger partial charge in [0, 0.05) is 5.57 Å². The van der Waals surface area contributed by atoms with Crippen LogP contribution in [0.1, 0.15) is 64.7 Å². The van der Waals surface area contributed by atoms with E-state index in [1.807, 2.05) is 6.08 Å². The van der Waals surface area contributed by atoms with Gasteiger partial charge >= 0.3 is 11.9 Å². The lowest BCUT2D eigenvalue weighted by molar-refractivity contribution is -0.185. The number of methoxy groups -OCH3 is 1. The summed E-state index contributed by atoms with van der Waals surface area (Å²) >= 11 is 0. The molecule has 5 aliphatic rings. The van der Waals surface area contributed by atoms with Gasteiger partial charge in [0.2, 0.25) is 0 Å². The van der Waals surface area contributed by atoms with Crippen molar-refractivity contribution in [1.82, 2.24) is 0 Å². The highest BCUT2D eigenvalue weighted by molar-refractivity contribution is 5.87. The third kappa shape index (κ3) is 3.67. The standard InChI is InChI=1S/C22H32O5/c1-13(20(24)26-2)5-14-3-4-19(18(23)9-14)27-21(25)22-10-15-6-16(11-22)8-17(7-15)12-22/h5,14-19,23H,3-4,6-12H2,1-2H3. The van der Waals surface area contributed by atoms with Gasteiger partial charge in [0.15, 0.2) is 0 Å². The summed E-state index contributed by atoms with van der Waals surface area (Å²) in [6.45, 7) is 1.73. The molecular weight excluding hydrogens is 344 g/mol. The molecule has 5 rings (SSSR count). The monoisotopic (exact) mass is 376 g/mol. The molecule has 0 heterocycles. The van der Waals surface area contributed by atoms with Crippen LogP contribution >= 0.6 is 0 Å². The number of esters is 2. The first-order valence-corrected chi connectivity index (χ1v) is 10.5. The van der Waals surface area contributed by atoms with Gasteiger partial charge in [-0.15, -0.1) is 0 Å². The fourth-order valence-corrected chi connectivity index (χ4v) is 6.65. The molecule has 3 unspecified atom stereocenters. The van der Waals surface area contributed by atoms with Crippen LogP contribution in [0.3, 0.4) is 0 Å². The maximum absolute atomic E-state index is 13.1. The largest absolute Gasteiger partial charge is 0.466 e. The predicted octanol–water partition coefficient (Wildman–Crippen LogP) is 3.39. The number of aliphatic hydroxyl groups excluding tert-OH is 1. The van der Waals surface area contributed by atoms with Crippen molar-refractivity contribution in [2.75, 3.05) is 7.11 Å². The average Bonchev–Trinajstić information content (AvgIpc) is 2.62. The van der Waals surface area contributed by atoms with E-state index < -0.39 is 12.2 Å². The molecule has 0 saturated heterocycles. The van der Waals surface area contributed by atoms with Crippen molar-refractivity contribution >= 4 is 11.9 Å². The minimum Gasteiger partial charge on any atom is -0.466 e. The van der Waals surface area contributed by atoms with Gasteiger partial charge in [0.1, 0.15) is 6.10 Å². The second-order valence-electron chi connectivity index (χ2n) is 9.62. The van der Waals surface area contributed by atoms with Crippen molar-refractivity contribution in [2.45, 2.75) is 76.9 Å². The number of allylic oxidation sites excluding steroid dienone is 1. The Morgan fingerprint density at radius 1 is 1.00 bits per heavy atom. The molecule has 27 heavy (non-hydrogen) atoms. The van der Waals surface area contributed by atoms with Crippen LogP contribution in [0.4, 0.5) is 0 Å². The highest BCUT2D eigenvalue weighted by Crippen LogP contribution is 2.60. The van der Waals surface area contributed by atoms with Crippen molar-refractivity contribution in [2.24, 2.45) is 29.1 Å². The van der Waals surface area contributed by atoms with E-state index in [-0.39, 0.29) is 23.3 Å². The van der Waals surface area contributed by atoms with E-state index >= 15 is 0 Å². The summed E-state index contributed by atoms with van der Waals surface area (Å²) in [5.41, 5.74) is 0.297. The van der Waals surface area contributed by atoms with Crippen LogP contribution < -0.4 is 0 Å². The first-order chi connectivity index (χ1) is 12.9. The molecule has 5 saturated carbocycles. The van der Waals surface area contributed by atoms with Gasteiger partial charge in [-0.3, -0.25) is 4.79 Å². The fraction of sp³-hybridized carbons (Fsp3) is 0.818. The number of rotatable bonds is 4. The second-order valence-corrected chi connectivity index (χ2v) is 9.62. The highest BCUT2D eigenvalue weighted by Gasteiger charge is 2.56. The lowest BCUT2D eigenvalue weighted by Crippen LogP contribution is -2.52. The summed E-state index contributed by atoms with van der Waals surface area (Å²) in [6, 6.07) is 0. The van der Waals surface area contributed by atoms with Crippen LogP contribution in [0.25, 0.3) is 0 Å². The number of carbonyl (C=O) groups excluding carboxylic acids is 2. The Bertz CT molecular complexity index is 601. The fourth-order valence-electron chi connectivity index (χ4n) is 6.65. The van der Waals surface area contributed by atoms with Gasteiger partial charge < -0.3 is 14.6 Å². The van der Waals surface area contributed by atoms with E-state index in [1.165, 1.54) is 26.4 Å². The normalized spacial score (nSPS) is 43.4. The first kappa shape index (κ1) is 19.0. The number of aliphatic hydroxyl groups is 1.